The molecule has 13 rings (SSSR count). The Morgan fingerprint density at radius 1 is 0.454 bits per heavy atom. The van der Waals surface area contributed by atoms with Gasteiger partial charge in [0.05, 0.1) is 69.9 Å². The number of aliphatic hydroxyl groups excluding tert-OH is 1. The number of alkyl halides is 12. The zero-order valence-corrected chi connectivity index (χ0v) is 61.8. The summed E-state index contributed by atoms with van der Waals surface area (Å²) < 4.78 is 188. The number of fused-ring (bicyclic) bond motifs is 4. The fourth-order valence-corrected chi connectivity index (χ4v) is 15.2. The number of benzene rings is 4. The van der Waals surface area contributed by atoms with E-state index in [0.29, 0.717) is 47.8 Å². The van der Waals surface area contributed by atoms with Crippen LogP contribution in [0.5, 0.6) is 23.0 Å². The summed E-state index contributed by atoms with van der Waals surface area (Å²) in [7, 11) is 0. The molecule has 4 unspecified atom stereocenters. The number of nitrogens with zero attached hydrogens (tertiary/aromatic N) is 4. The van der Waals surface area contributed by atoms with Crippen LogP contribution in [0.4, 0.5) is 52.7 Å². The van der Waals surface area contributed by atoms with Crippen molar-refractivity contribution >= 4 is 61.7 Å². The van der Waals surface area contributed by atoms with Crippen LogP contribution in [0.15, 0.2) is 97.1 Å². The van der Waals surface area contributed by atoms with Crippen LogP contribution in [0, 0.1) is 35.0 Å². The number of aldehydes is 1. The van der Waals surface area contributed by atoms with E-state index in [0.717, 1.165) is 103 Å². The summed E-state index contributed by atoms with van der Waals surface area (Å²) in [6.07, 6.45) is -4.97. The predicted molar refractivity (Wildman–Crippen MR) is 386 cm³/mol. The Morgan fingerprint density at radius 3 is 1.06 bits per heavy atom. The lowest BCUT2D eigenvalue weighted by Gasteiger charge is -2.51. The molecule has 4 heterocycles. The lowest BCUT2D eigenvalue weighted by Crippen LogP contribution is -2.59. The monoisotopic (exact) mass is 1520 g/mol. The third-order valence-electron chi connectivity index (χ3n) is 21.9. The maximum Gasteiger partial charge on any atom is 0.420 e. The molecule has 5 fully saturated rings. The first-order chi connectivity index (χ1) is 50.8. The molecule has 0 aliphatic heterocycles. The molecule has 26 heteroatoms. The number of aliphatic carboxylic acids is 1. The van der Waals surface area contributed by atoms with Gasteiger partial charge in [-0.15, -0.1) is 0 Å². The number of hydrogen-bond acceptors (Lipinski definition) is 13. The third-order valence-corrected chi connectivity index (χ3v) is 21.9. The zero-order valence-electron chi connectivity index (χ0n) is 61.8. The van der Waals surface area contributed by atoms with Crippen molar-refractivity contribution in [2.75, 3.05) is 0 Å². The molecule has 0 spiro atoms. The quantitative estimate of drug-likeness (QED) is 0.0499. The number of hydrogen-bond donors (Lipinski definition) is 3. The molecule has 8 aromatic rings. The Labute approximate surface area is 619 Å². The molecule has 5 aliphatic rings. The van der Waals surface area contributed by atoms with E-state index in [1.165, 1.54) is 98.8 Å². The van der Waals surface area contributed by atoms with Gasteiger partial charge in [-0.25, -0.2) is 9.97 Å². The highest BCUT2D eigenvalue weighted by Crippen LogP contribution is 2.50. The Bertz CT molecular complexity index is 4480. The van der Waals surface area contributed by atoms with Gasteiger partial charge in [0, 0.05) is 40.6 Å². The van der Waals surface area contributed by atoms with Crippen molar-refractivity contribution < 1.29 is 96.2 Å². The number of carbonyl (C=O) groups is 3. The number of pyridine rings is 4. The van der Waals surface area contributed by atoms with Crippen molar-refractivity contribution in [2.24, 2.45) is 35.0 Å². The molecule has 3 N–H and O–H groups in total. The molecule has 5 aliphatic carbocycles. The van der Waals surface area contributed by atoms with E-state index >= 15 is 0 Å². The summed E-state index contributed by atoms with van der Waals surface area (Å²) in [4.78, 5) is 50.2. The van der Waals surface area contributed by atoms with Crippen LogP contribution in [-0.4, -0.2) is 78.6 Å². The van der Waals surface area contributed by atoms with Gasteiger partial charge < -0.3 is 34.5 Å². The van der Waals surface area contributed by atoms with Gasteiger partial charge in [-0.05, 0) is 237 Å². The van der Waals surface area contributed by atoms with E-state index in [-0.39, 0.29) is 120 Å². The van der Waals surface area contributed by atoms with Crippen LogP contribution in [0.2, 0.25) is 0 Å². The van der Waals surface area contributed by atoms with E-state index in [9.17, 15) is 77.3 Å². The van der Waals surface area contributed by atoms with Crippen molar-refractivity contribution in [3.05, 3.63) is 142 Å². The average molecular weight is 1520 g/mol. The molecule has 4 aromatic heterocycles. The summed E-state index contributed by atoms with van der Waals surface area (Å²) in [5.41, 5.74) is -1.64. The van der Waals surface area contributed by atoms with Gasteiger partial charge in [-0.3, -0.25) is 24.4 Å². The van der Waals surface area contributed by atoms with Crippen LogP contribution in [-0.2, 0) is 29.5 Å². The molecule has 0 radical (unpaired) electrons. The maximum absolute atomic E-state index is 14.1. The van der Waals surface area contributed by atoms with Gasteiger partial charge in [0.25, 0.3) is 0 Å². The number of carboxylic acid groups (broad SMARTS) is 1. The minimum Gasteiger partial charge on any atom is -0.490 e. The largest absolute Gasteiger partial charge is 0.490 e. The predicted octanol–water partition coefficient (Wildman–Crippen LogP) is 22.1. The second-order valence-electron chi connectivity index (χ2n) is 30.7. The molecule has 4 atom stereocenters. The molecule has 108 heavy (non-hydrogen) atoms. The fourth-order valence-electron chi connectivity index (χ4n) is 15.2. The van der Waals surface area contributed by atoms with Gasteiger partial charge in [0.15, 0.2) is 12.1 Å². The normalized spacial score (nSPS) is 23.8. The maximum atomic E-state index is 14.1. The Kier molecular flexibility index (Phi) is 25.7. The number of rotatable bonds is 15. The molecular formula is C82H93F12N5O9. The number of carbonyl (C=O) groups excluding carboxylic acids is 2. The summed E-state index contributed by atoms with van der Waals surface area (Å²) in [5.74, 6) is 0.282. The van der Waals surface area contributed by atoms with Crippen LogP contribution >= 0.6 is 0 Å². The van der Waals surface area contributed by atoms with E-state index in [4.69, 9.17) is 18.9 Å². The number of carboxylic acids is 1. The highest BCUT2D eigenvalue weighted by atomic mass is 19.4. The second kappa shape index (κ2) is 33.8. The number of halogens is 12. The average Bonchev–Trinajstić information content (AvgIpc) is 0.779. The van der Waals surface area contributed by atoms with E-state index < -0.39 is 70.4 Å². The summed E-state index contributed by atoms with van der Waals surface area (Å²) >= 11 is 0. The number of ether oxygens (including phenoxy) is 4. The topological polar surface area (TPSA) is 192 Å². The summed E-state index contributed by atoms with van der Waals surface area (Å²) in [5, 5.41) is 22.3. The van der Waals surface area contributed by atoms with Crippen molar-refractivity contribution in [1.82, 2.24) is 25.3 Å². The van der Waals surface area contributed by atoms with E-state index in [1.54, 1.807) is 12.1 Å². The SMILES string of the molecule is CC(=O)c1ccc2c(C(F)(F)F)c(OC3CCC(C)CC3)ccc2n1.CC1CCC(Oc2ccc3nc(C(C)NC4CC(C(=O)O)C4(C)C)ccc3c2C(F)(F)F)CC1.CC1CCC(Oc2ccc3nc(C(C)O)ccc3c2C(F)(F)F)CC1.CC1CCC(Oc2ccc3nc(C=O)ccc3c2C(F)(F)F)CC1. The Balaban J connectivity index is 0.000000155. The van der Waals surface area contributed by atoms with Gasteiger partial charge in [-0.1, -0.05) is 53.7 Å². The molecule has 0 bridgehead atoms. The van der Waals surface area contributed by atoms with Gasteiger partial charge >= 0.3 is 30.7 Å². The highest BCUT2D eigenvalue weighted by molar-refractivity contribution is 5.96. The minimum atomic E-state index is -4.56. The number of Topliss-reactive ketones (excluding diaryl/α,β-unsaturated/α-hetero) is 1. The van der Waals surface area contributed by atoms with Crippen molar-refractivity contribution in [1.29, 1.82) is 0 Å². The van der Waals surface area contributed by atoms with Gasteiger partial charge in [0.1, 0.15) is 56.6 Å². The molecule has 0 amide bonds. The first kappa shape index (κ1) is 82.1. The van der Waals surface area contributed by atoms with Gasteiger partial charge in [-0.2, -0.15) is 52.7 Å². The van der Waals surface area contributed by atoms with E-state index in [1.807, 2.05) is 20.8 Å². The van der Waals surface area contributed by atoms with Crippen LogP contribution in [0.25, 0.3) is 43.6 Å². The van der Waals surface area contributed by atoms with Crippen LogP contribution < -0.4 is 24.3 Å². The van der Waals surface area contributed by atoms with Crippen molar-refractivity contribution in [3.63, 3.8) is 0 Å². The zero-order chi connectivity index (χ0) is 78.5. The molecule has 5 saturated carbocycles. The smallest absolute Gasteiger partial charge is 0.420 e. The third kappa shape index (κ3) is 20.0. The number of aromatic nitrogens is 4. The number of nitrogens with one attached hydrogen (secondary N) is 1. The van der Waals surface area contributed by atoms with Crippen LogP contribution in [0.1, 0.15) is 238 Å². The first-order valence-electron chi connectivity index (χ1n) is 37.1. The van der Waals surface area contributed by atoms with Crippen molar-refractivity contribution in [3.8, 4) is 23.0 Å². The lowest BCUT2D eigenvalue weighted by atomic mass is 9.58. The molecule has 4 aromatic carbocycles. The Hall–Kier alpha value is -8.39. The minimum absolute atomic E-state index is 0.00132. The van der Waals surface area contributed by atoms with Gasteiger partial charge in [0.2, 0.25) is 0 Å². The van der Waals surface area contributed by atoms with E-state index in [2.05, 4.69) is 52.9 Å². The fraction of sp³-hybridized carbons (Fsp3) is 0.524. The highest BCUT2D eigenvalue weighted by Gasteiger charge is 2.52. The number of aliphatic hydroxyl groups is 1. The molecular weight excluding hydrogens is 1430 g/mol. The van der Waals surface area contributed by atoms with Crippen molar-refractivity contribution in [2.45, 2.75) is 239 Å². The molecule has 0 saturated heterocycles. The summed E-state index contributed by atoms with van der Waals surface area (Å²) in [6.45, 7) is 17.2. The first-order valence-corrected chi connectivity index (χ1v) is 37.1. The van der Waals surface area contributed by atoms with Crippen LogP contribution in [0.3, 0.4) is 0 Å². The molecule has 14 nitrogen and oxygen atoms in total. The summed E-state index contributed by atoms with van der Waals surface area (Å²) in [6, 6.07) is 22.3. The molecule has 584 valence electrons. The number of ketones is 1. The second-order valence-corrected chi connectivity index (χ2v) is 30.7. The lowest BCUT2D eigenvalue weighted by molar-refractivity contribution is -0.155. The Morgan fingerprint density at radius 2 is 0.759 bits per heavy atom. The standard InChI is InChI=1S/C26H33F3N2O3.C19H22F3NO2.C19H20F3NO2.C18H18F3NO2/c1-14-5-7-16(8-6-14)34-21-12-11-20-17(23(21)26(27,28)29)9-10-19(31-20)15(2)30-22-13-18(24(32)33)25(22,3)4;2*1-11-3-5-13(6-4-11)25-17-10-9-16-14(18(17)19(20,21)22)7-8-15(23-16)12(2)24;1-11-2-5-13(6-3-11)24-16-9-8-15-14(17(16)18(19,20)21)7-4-12(10-23)22-15/h9-12,14-16,18,22,30H,5-8,13H2,1-4H3,(H,32,33);7-13,24H,3-6H2,1-2H3;7-11,13H,3-6H2,1-2H3;4,7-11,13H,2-3,5-6H2,1H3.